The number of nitrogens with one attached hydrogen (secondary N) is 1. The maximum Gasteiger partial charge on any atom is 0.254 e. The van der Waals surface area contributed by atoms with Gasteiger partial charge in [-0.3, -0.25) is 14.6 Å². The highest BCUT2D eigenvalue weighted by Gasteiger charge is 2.34. The van der Waals surface area contributed by atoms with E-state index in [2.05, 4.69) is 83.3 Å². The van der Waals surface area contributed by atoms with Crippen LogP contribution in [0, 0.1) is 11.8 Å². The summed E-state index contributed by atoms with van der Waals surface area (Å²) in [4.78, 5) is 36.4. The standard InChI is InChI=1S/C31H29N3O2.C2H6.CH3NO.CH2O/c1-4-5-18-36-26-16-13-24-20-34(30(35)28(24)19-26)21-31(2,32-3)25-14-11-22(12-15-25)27-10-6-8-23-9-7-17-33-29(23)27;1-2;2-1-3;1-2/h6-17,19,32H,18,20-21H2,1-3H3;1-2H3;1H,(H2,2,3);1H2. The van der Waals surface area contributed by atoms with Crippen molar-refractivity contribution in [3.63, 3.8) is 0 Å². The molecular weight excluding hydrogens is 540 g/mol. The Kier molecular flexibility index (Phi) is 13.6. The fraction of sp³-hybridized carbons (Fsp3) is 0.257. The summed E-state index contributed by atoms with van der Waals surface area (Å²) in [5.41, 5.74) is 9.82. The summed E-state index contributed by atoms with van der Waals surface area (Å²) < 4.78 is 5.66. The third kappa shape index (κ3) is 8.28. The zero-order valence-corrected chi connectivity index (χ0v) is 25.5. The van der Waals surface area contributed by atoms with E-state index in [9.17, 15) is 4.79 Å². The Morgan fingerprint density at radius 3 is 2.40 bits per heavy atom. The van der Waals surface area contributed by atoms with Gasteiger partial charge in [-0.2, -0.15) is 0 Å². The van der Waals surface area contributed by atoms with Crippen LogP contribution in [0.1, 0.15) is 49.2 Å². The van der Waals surface area contributed by atoms with Crippen LogP contribution < -0.4 is 15.8 Å². The molecule has 0 bridgehead atoms. The number of hydrogen-bond acceptors (Lipinski definition) is 6. The molecule has 0 aliphatic carbocycles. The van der Waals surface area contributed by atoms with Crippen LogP contribution in [-0.4, -0.2) is 49.2 Å². The normalized spacial score (nSPS) is 12.4. The van der Waals surface area contributed by atoms with Crippen molar-refractivity contribution in [3.8, 4) is 28.7 Å². The van der Waals surface area contributed by atoms with Crippen LogP contribution >= 0.6 is 0 Å². The van der Waals surface area contributed by atoms with Gasteiger partial charge in [-0.1, -0.05) is 74.4 Å². The van der Waals surface area contributed by atoms with Gasteiger partial charge in [-0.05, 0) is 55.8 Å². The largest absolute Gasteiger partial charge is 0.481 e. The molecular formula is C35H40N4O4. The van der Waals surface area contributed by atoms with Crippen molar-refractivity contribution in [1.29, 1.82) is 0 Å². The topological polar surface area (TPSA) is 115 Å². The fourth-order valence-electron chi connectivity index (χ4n) is 4.80. The second-order valence-corrected chi connectivity index (χ2v) is 9.37. The molecule has 1 aliphatic heterocycles. The van der Waals surface area contributed by atoms with Crippen LogP contribution in [0.4, 0.5) is 0 Å². The highest BCUT2D eigenvalue weighted by Crippen LogP contribution is 2.32. The van der Waals surface area contributed by atoms with Crippen molar-refractivity contribution in [3.05, 3.63) is 95.7 Å². The lowest BCUT2D eigenvalue weighted by Crippen LogP contribution is -2.47. The maximum absolute atomic E-state index is 13.3. The summed E-state index contributed by atoms with van der Waals surface area (Å²) in [7, 11) is 1.94. The summed E-state index contributed by atoms with van der Waals surface area (Å²) in [6.45, 7) is 11.4. The minimum atomic E-state index is -0.413. The first kappa shape index (κ1) is 34.2. The van der Waals surface area contributed by atoms with Gasteiger partial charge in [0.05, 0.1) is 11.1 Å². The van der Waals surface area contributed by atoms with Crippen molar-refractivity contribution >= 4 is 30.0 Å². The number of rotatable bonds is 7. The van der Waals surface area contributed by atoms with Gasteiger partial charge in [0, 0.05) is 35.8 Å². The predicted octanol–water partition coefficient (Wildman–Crippen LogP) is 5.34. The third-order valence-electron chi connectivity index (χ3n) is 6.97. The van der Waals surface area contributed by atoms with Crippen molar-refractivity contribution in [1.82, 2.24) is 15.2 Å². The molecule has 1 aliphatic rings. The number of pyridine rings is 1. The molecule has 0 saturated carbocycles. The SMILES string of the molecule is C=O.CC.CC#CCOc1ccc2c(c1)C(=O)N(CC(C)(NC)c1ccc(-c3cccc4cccnc34)cc1)C2.NC=O. The number of likely N-dealkylation sites (N-methyl/N-ethyl adjacent to an activating group) is 1. The van der Waals surface area contributed by atoms with Crippen LogP contribution in [0.2, 0.25) is 0 Å². The second-order valence-electron chi connectivity index (χ2n) is 9.37. The second kappa shape index (κ2) is 17.1. The summed E-state index contributed by atoms with van der Waals surface area (Å²) >= 11 is 0. The Balaban J connectivity index is 0.000000853. The van der Waals surface area contributed by atoms with E-state index in [1.54, 1.807) is 6.92 Å². The van der Waals surface area contributed by atoms with E-state index < -0.39 is 5.54 Å². The van der Waals surface area contributed by atoms with Gasteiger partial charge in [0.2, 0.25) is 6.41 Å². The molecule has 3 aromatic carbocycles. The molecule has 8 nitrogen and oxygen atoms in total. The monoisotopic (exact) mass is 580 g/mol. The molecule has 43 heavy (non-hydrogen) atoms. The molecule has 2 heterocycles. The minimum absolute atomic E-state index is 0.0250. The Hall–Kier alpha value is -5.00. The van der Waals surface area contributed by atoms with Crippen molar-refractivity contribution in [2.75, 3.05) is 20.2 Å². The molecule has 4 aromatic rings. The Labute approximate surface area is 254 Å². The molecule has 0 radical (unpaired) electrons. The van der Waals surface area contributed by atoms with Gasteiger partial charge in [0.1, 0.15) is 19.1 Å². The van der Waals surface area contributed by atoms with Gasteiger partial charge in [-0.25, -0.2) is 0 Å². The average molecular weight is 581 g/mol. The molecule has 2 amide bonds. The van der Waals surface area contributed by atoms with E-state index in [4.69, 9.17) is 14.3 Å². The smallest absolute Gasteiger partial charge is 0.254 e. The highest BCUT2D eigenvalue weighted by molar-refractivity contribution is 5.99. The zero-order chi connectivity index (χ0) is 31.8. The maximum atomic E-state index is 13.3. The number of nitrogens with zero attached hydrogens (tertiary/aromatic N) is 2. The van der Waals surface area contributed by atoms with Crippen molar-refractivity contribution in [2.45, 2.75) is 39.8 Å². The van der Waals surface area contributed by atoms with E-state index in [1.165, 1.54) is 0 Å². The van der Waals surface area contributed by atoms with E-state index >= 15 is 0 Å². The quantitative estimate of drug-likeness (QED) is 0.225. The lowest BCUT2D eigenvalue weighted by atomic mass is 9.89. The van der Waals surface area contributed by atoms with Crippen molar-refractivity contribution in [2.24, 2.45) is 5.73 Å². The minimum Gasteiger partial charge on any atom is -0.481 e. The molecule has 0 spiro atoms. The predicted molar refractivity (Wildman–Crippen MR) is 172 cm³/mol. The summed E-state index contributed by atoms with van der Waals surface area (Å²) in [6.07, 6.45) is 2.08. The summed E-state index contributed by atoms with van der Waals surface area (Å²) in [5, 5.41) is 4.58. The lowest BCUT2D eigenvalue weighted by molar-refractivity contribution is -0.107. The van der Waals surface area contributed by atoms with Gasteiger partial charge in [0.25, 0.3) is 5.91 Å². The molecule has 1 aromatic heterocycles. The number of carbonyl (C=O) groups excluding carboxylic acids is 3. The van der Waals surface area contributed by atoms with Crippen LogP contribution in [-0.2, 0) is 21.7 Å². The number of ether oxygens (including phenoxy) is 1. The van der Waals surface area contributed by atoms with Crippen LogP contribution in [0.5, 0.6) is 5.75 Å². The van der Waals surface area contributed by atoms with Gasteiger partial charge < -0.3 is 25.5 Å². The molecule has 224 valence electrons. The first-order valence-electron chi connectivity index (χ1n) is 14.0. The Morgan fingerprint density at radius 1 is 1.07 bits per heavy atom. The molecule has 3 N–H and O–H groups in total. The molecule has 1 atom stereocenters. The number of para-hydroxylation sites is 1. The van der Waals surface area contributed by atoms with Gasteiger partial charge in [-0.15, -0.1) is 5.92 Å². The summed E-state index contributed by atoms with van der Waals surface area (Å²) in [6, 6.07) is 24.6. The number of hydrogen-bond donors (Lipinski definition) is 2. The fourth-order valence-corrected chi connectivity index (χ4v) is 4.80. The van der Waals surface area contributed by atoms with E-state index in [0.717, 1.165) is 33.2 Å². The molecule has 0 saturated heterocycles. The molecule has 0 fully saturated rings. The number of amides is 2. The van der Waals surface area contributed by atoms with E-state index in [1.807, 2.05) is 63.0 Å². The molecule has 5 rings (SSSR count). The molecule has 1 unspecified atom stereocenters. The first-order chi connectivity index (χ1) is 20.9. The number of primary amides is 1. The number of benzene rings is 3. The molecule has 8 heteroatoms. The van der Waals surface area contributed by atoms with Crippen LogP contribution in [0.25, 0.3) is 22.0 Å². The Morgan fingerprint density at radius 2 is 1.74 bits per heavy atom. The number of carbonyl (C=O) groups is 3. The van der Waals surface area contributed by atoms with Gasteiger partial charge in [0.15, 0.2) is 0 Å². The van der Waals surface area contributed by atoms with Crippen molar-refractivity contribution < 1.29 is 19.1 Å². The summed E-state index contributed by atoms with van der Waals surface area (Å²) in [5.74, 6) is 6.39. The highest BCUT2D eigenvalue weighted by atomic mass is 16.5. The number of fused-ring (bicyclic) bond motifs is 2. The third-order valence-corrected chi connectivity index (χ3v) is 6.97. The number of nitrogens with two attached hydrogens (primary N) is 1. The average Bonchev–Trinajstić information content (AvgIpc) is 3.36. The first-order valence-corrected chi connectivity index (χ1v) is 14.0. The number of aromatic nitrogens is 1. The van der Waals surface area contributed by atoms with Crippen LogP contribution in [0.15, 0.2) is 79.0 Å². The zero-order valence-electron chi connectivity index (χ0n) is 25.5. The lowest BCUT2D eigenvalue weighted by Gasteiger charge is -2.34. The van der Waals surface area contributed by atoms with Gasteiger partial charge >= 0.3 is 0 Å². The van der Waals surface area contributed by atoms with E-state index in [-0.39, 0.29) is 12.3 Å². The van der Waals surface area contributed by atoms with E-state index in [0.29, 0.717) is 31.0 Å². The van der Waals surface area contributed by atoms with Crippen LogP contribution in [0.3, 0.4) is 0 Å². The Bertz CT molecular complexity index is 1550.